The van der Waals surface area contributed by atoms with Crippen LogP contribution in [-0.4, -0.2) is 39.7 Å². The molecule has 1 aromatic heterocycles. The molecular weight excluding hydrogens is 493 g/mol. The Labute approximate surface area is 210 Å². The number of halogens is 2. The lowest BCUT2D eigenvalue weighted by molar-refractivity contribution is -0.118. The first-order valence-corrected chi connectivity index (χ1v) is 11.8. The molecule has 0 saturated heterocycles. The zero-order valence-electron chi connectivity index (χ0n) is 18.0. The predicted octanol–water partition coefficient (Wildman–Crippen LogP) is 5.49. The van der Waals surface area contributed by atoms with Gasteiger partial charge in [-0.25, -0.2) is 5.43 Å². The van der Waals surface area contributed by atoms with Gasteiger partial charge in [0, 0.05) is 21.8 Å². The fraction of sp³-hybridized carbons (Fsp3) is 0.0833. The van der Waals surface area contributed by atoms with E-state index in [0.717, 1.165) is 17.0 Å². The van der Waals surface area contributed by atoms with Crippen LogP contribution < -0.4 is 10.2 Å². The predicted molar refractivity (Wildman–Crippen MR) is 136 cm³/mol. The molecule has 0 aliphatic rings. The summed E-state index contributed by atoms with van der Waals surface area (Å²) in [6.45, 7) is 0. The Hall–Kier alpha value is -3.33. The average Bonchev–Trinajstić information content (AvgIpc) is 3.28. The van der Waals surface area contributed by atoms with Gasteiger partial charge in [-0.3, -0.25) is 9.36 Å². The Balaban J connectivity index is 1.50. The Morgan fingerprint density at radius 1 is 1.09 bits per heavy atom. The van der Waals surface area contributed by atoms with Gasteiger partial charge in [0.25, 0.3) is 5.91 Å². The molecule has 0 aliphatic carbocycles. The summed E-state index contributed by atoms with van der Waals surface area (Å²) in [6, 6.07) is 22.3. The number of hydrazone groups is 1. The van der Waals surface area contributed by atoms with Crippen LogP contribution in [0.15, 0.2) is 83.1 Å². The monoisotopic (exact) mass is 511 g/mol. The molecular formula is C24H19Cl2N5O2S. The van der Waals surface area contributed by atoms with E-state index in [1.54, 1.807) is 25.3 Å². The molecule has 0 atom stereocenters. The minimum Gasteiger partial charge on any atom is -0.497 e. The number of benzene rings is 3. The van der Waals surface area contributed by atoms with Gasteiger partial charge in [0.05, 0.1) is 24.1 Å². The summed E-state index contributed by atoms with van der Waals surface area (Å²) in [7, 11) is 1.62. The first-order chi connectivity index (χ1) is 16.5. The molecule has 1 amide bonds. The maximum absolute atomic E-state index is 12.4. The smallest absolute Gasteiger partial charge is 0.250 e. The fourth-order valence-electron chi connectivity index (χ4n) is 3.04. The fourth-order valence-corrected chi connectivity index (χ4v) is 4.25. The summed E-state index contributed by atoms with van der Waals surface area (Å²) in [6.07, 6.45) is 1.47. The quantitative estimate of drug-likeness (QED) is 0.192. The largest absolute Gasteiger partial charge is 0.497 e. The van der Waals surface area contributed by atoms with Gasteiger partial charge in [0.15, 0.2) is 11.0 Å². The van der Waals surface area contributed by atoms with E-state index in [0.29, 0.717) is 26.6 Å². The molecule has 4 aromatic rings. The van der Waals surface area contributed by atoms with Crippen LogP contribution in [-0.2, 0) is 4.79 Å². The Morgan fingerprint density at radius 2 is 1.85 bits per heavy atom. The number of ether oxygens (including phenoxy) is 1. The molecule has 0 aliphatic heterocycles. The normalized spacial score (nSPS) is 11.0. The molecule has 10 heteroatoms. The second-order valence-electron chi connectivity index (χ2n) is 6.95. The number of methoxy groups -OCH3 is 1. The van der Waals surface area contributed by atoms with Crippen molar-refractivity contribution in [1.82, 2.24) is 20.2 Å². The SMILES string of the molecule is COc1ccc(-n2c(SCC(=O)N/N=C/c3ccc(Cl)cc3Cl)nnc2-c2ccccc2)cc1. The van der Waals surface area contributed by atoms with E-state index in [4.69, 9.17) is 27.9 Å². The van der Waals surface area contributed by atoms with Crippen LogP contribution in [0.4, 0.5) is 0 Å². The van der Waals surface area contributed by atoms with Crippen LogP contribution in [0.2, 0.25) is 10.0 Å². The number of carbonyl (C=O) groups excluding carboxylic acids is 1. The highest BCUT2D eigenvalue weighted by molar-refractivity contribution is 7.99. The van der Waals surface area contributed by atoms with E-state index in [9.17, 15) is 4.79 Å². The number of carbonyl (C=O) groups is 1. The third kappa shape index (κ3) is 5.77. The van der Waals surface area contributed by atoms with Crippen molar-refractivity contribution in [2.45, 2.75) is 5.16 Å². The van der Waals surface area contributed by atoms with E-state index in [2.05, 4.69) is 20.7 Å². The van der Waals surface area contributed by atoms with Gasteiger partial charge in [-0.1, -0.05) is 71.4 Å². The van der Waals surface area contributed by atoms with Crippen LogP contribution in [0.5, 0.6) is 5.75 Å². The molecule has 0 saturated carbocycles. The summed E-state index contributed by atoms with van der Waals surface area (Å²) in [5.41, 5.74) is 4.90. The van der Waals surface area contributed by atoms with Crippen molar-refractivity contribution in [3.8, 4) is 22.8 Å². The summed E-state index contributed by atoms with van der Waals surface area (Å²) >= 11 is 13.3. The standard InChI is InChI=1S/C24H19Cl2N5O2S/c1-33-20-11-9-19(10-12-20)31-23(16-5-3-2-4-6-16)29-30-24(31)34-15-22(32)28-27-14-17-7-8-18(25)13-21(17)26/h2-14H,15H2,1H3,(H,28,32)/b27-14+. The number of aromatic nitrogens is 3. The van der Waals surface area contributed by atoms with Crippen LogP contribution in [0, 0.1) is 0 Å². The van der Waals surface area contributed by atoms with Crippen molar-refractivity contribution in [2.75, 3.05) is 12.9 Å². The number of thioether (sulfide) groups is 1. The highest BCUT2D eigenvalue weighted by Crippen LogP contribution is 2.28. The lowest BCUT2D eigenvalue weighted by Gasteiger charge is -2.11. The van der Waals surface area contributed by atoms with Gasteiger partial charge in [0.2, 0.25) is 0 Å². The van der Waals surface area contributed by atoms with E-state index in [-0.39, 0.29) is 11.7 Å². The molecule has 34 heavy (non-hydrogen) atoms. The van der Waals surface area contributed by atoms with Gasteiger partial charge < -0.3 is 4.74 Å². The van der Waals surface area contributed by atoms with E-state index >= 15 is 0 Å². The van der Waals surface area contributed by atoms with Crippen molar-refractivity contribution in [3.05, 3.63) is 88.4 Å². The molecule has 4 rings (SSSR count). The minimum atomic E-state index is -0.295. The Bertz CT molecular complexity index is 1310. The number of hydrogen-bond donors (Lipinski definition) is 1. The molecule has 0 spiro atoms. The van der Waals surface area contributed by atoms with Crippen LogP contribution in [0.1, 0.15) is 5.56 Å². The zero-order valence-corrected chi connectivity index (χ0v) is 20.3. The molecule has 7 nitrogen and oxygen atoms in total. The highest BCUT2D eigenvalue weighted by Gasteiger charge is 2.17. The van der Waals surface area contributed by atoms with Gasteiger partial charge in [-0.05, 0) is 36.4 Å². The molecule has 0 radical (unpaired) electrons. The van der Waals surface area contributed by atoms with Gasteiger partial charge in [-0.15, -0.1) is 10.2 Å². The first kappa shape index (κ1) is 23.8. The molecule has 1 N–H and O–H groups in total. The molecule has 0 bridgehead atoms. The molecule has 1 heterocycles. The van der Waals surface area contributed by atoms with Crippen molar-refractivity contribution < 1.29 is 9.53 Å². The van der Waals surface area contributed by atoms with Gasteiger partial charge in [-0.2, -0.15) is 5.10 Å². The lowest BCUT2D eigenvalue weighted by Crippen LogP contribution is -2.20. The minimum absolute atomic E-state index is 0.0920. The topological polar surface area (TPSA) is 81.4 Å². The number of nitrogens with one attached hydrogen (secondary N) is 1. The third-order valence-electron chi connectivity index (χ3n) is 4.68. The molecule has 0 fully saturated rings. The zero-order chi connectivity index (χ0) is 23.9. The highest BCUT2D eigenvalue weighted by atomic mass is 35.5. The summed E-state index contributed by atoms with van der Waals surface area (Å²) in [5, 5.41) is 14.2. The molecule has 0 unspecified atom stereocenters. The van der Waals surface area contributed by atoms with Crippen LogP contribution >= 0.6 is 35.0 Å². The lowest BCUT2D eigenvalue weighted by atomic mass is 10.2. The third-order valence-corrected chi connectivity index (χ3v) is 6.18. The summed E-state index contributed by atoms with van der Waals surface area (Å²) < 4.78 is 7.17. The van der Waals surface area contributed by atoms with Crippen LogP contribution in [0.25, 0.3) is 17.1 Å². The van der Waals surface area contributed by atoms with Crippen LogP contribution in [0.3, 0.4) is 0 Å². The van der Waals surface area contributed by atoms with Crippen molar-refractivity contribution in [3.63, 3.8) is 0 Å². The maximum Gasteiger partial charge on any atom is 0.250 e. The van der Waals surface area contributed by atoms with E-state index in [1.165, 1.54) is 18.0 Å². The second kappa shape index (κ2) is 11.2. The van der Waals surface area contributed by atoms with Crippen molar-refractivity contribution in [2.24, 2.45) is 5.10 Å². The number of rotatable bonds is 8. The van der Waals surface area contributed by atoms with Gasteiger partial charge >= 0.3 is 0 Å². The number of amides is 1. The Morgan fingerprint density at radius 3 is 2.56 bits per heavy atom. The van der Waals surface area contributed by atoms with E-state index in [1.807, 2.05) is 59.2 Å². The van der Waals surface area contributed by atoms with Crippen molar-refractivity contribution in [1.29, 1.82) is 0 Å². The maximum atomic E-state index is 12.4. The summed E-state index contributed by atoms with van der Waals surface area (Å²) in [4.78, 5) is 12.4. The van der Waals surface area contributed by atoms with Crippen molar-refractivity contribution >= 4 is 47.1 Å². The number of hydrogen-bond acceptors (Lipinski definition) is 6. The molecule has 172 valence electrons. The summed E-state index contributed by atoms with van der Waals surface area (Å²) in [5.74, 6) is 1.21. The van der Waals surface area contributed by atoms with Gasteiger partial charge in [0.1, 0.15) is 5.75 Å². The Kier molecular flexibility index (Phi) is 7.84. The molecule has 3 aromatic carbocycles. The second-order valence-corrected chi connectivity index (χ2v) is 8.74. The first-order valence-electron chi connectivity index (χ1n) is 10.1. The van der Waals surface area contributed by atoms with E-state index < -0.39 is 0 Å². The number of nitrogens with zero attached hydrogens (tertiary/aromatic N) is 4. The average molecular weight is 512 g/mol.